The van der Waals surface area contributed by atoms with E-state index in [2.05, 4.69) is 53.8 Å². The Bertz CT molecular complexity index is 581. The Morgan fingerprint density at radius 2 is 1.81 bits per heavy atom. The van der Waals surface area contributed by atoms with Gasteiger partial charge in [0.1, 0.15) is 5.75 Å². The second kappa shape index (κ2) is 5.53. The monoisotopic (exact) mass is 279 g/mol. The minimum absolute atomic E-state index is 0.478. The predicted octanol–water partition coefficient (Wildman–Crippen LogP) is 3.83. The summed E-state index contributed by atoms with van der Waals surface area (Å²) in [5.74, 6) is 1.68. The summed E-state index contributed by atoms with van der Waals surface area (Å²) in [4.78, 5) is 0. The first-order valence-electron chi connectivity index (χ1n) is 7.95. The van der Waals surface area contributed by atoms with Crippen LogP contribution >= 0.6 is 0 Å². The first-order valence-corrected chi connectivity index (χ1v) is 7.95. The number of nitrogens with one attached hydrogen (secondary N) is 1. The van der Waals surface area contributed by atoms with Gasteiger partial charge in [-0.25, -0.2) is 0 Å². The largest absolute Gasteiger partial charge is 0.493 e. The van der Waals surface area contributed by atoms with Crippen LogP contribution in [0.5, 0.6) is 5.75 Å². The SMILES string of the molecule is c1ccc2c(c1)CCNC2CC1CCOc2ccccc21. The zero-order valence-corrected chi connectivity index (χ0v) is 12.2. The van der Waals surface area contributed by atoms with E-state index in [1.165, 1.54) is 16.7 Å². The highest BCUT2D eigenvalue weighted by atomic mass is 16.5. The van der Waals surface area contributed by atoms with Crippen LogP contribution in [0.3, 0.4) is 0 Å². The summed E-state index contributed by atoms with van der Waals surface area (Å²) >= 11 is 0. The third-order valence-corrected chi connectivity index (χ3v) is 4.82. The van der Waals surface area contributed by atoms with Crippen molar-refractivity contribution in [2.24, 2.45) is 0 Å². The molecule has 2 heterocycles. The quantitative estimate of drug-likeness (QED) is 0.902. The predicted molar refractivity (Wildman–Crippen MR) is 84.8 cm³/mol. The van der Waals surface area contributed by atoms with E-state index in [-0.39, 0.29) is 0 Å². The first-order chi connectivity index (χ1) is 10.4. The van der Waals surface area contributed by atoms with Crippen molar-refractivity contribution in [2.45, 2.75) is 31.2 Å². The molecule has 2 aromatic rings. The van der Waals surface area contributed by atoms with E-state index in [4.69, 9.17) is 4.74 Å². The van der Waals surface area contributed by atoms with Gasteiger partial charge in [-0.1, -0.05) is 42.5 Å². The molecule has 0 amide bonds. The molecule has 108 valence electrons. The molecule has 0 spiro atoms. The average Bonchev–Trinajstić information content (AvgIpc) is 2.56. The van der Waals surface area contributed by atoms with Gasteiger partial charge in [0, 0.05) is 6.04 Å². The van der Waals surface area contributed by atoms with Gasteiger partial charge in [-0.3, -0.25) is 0 Å². The van der Waals surface area contributed by atoms with Crippen molar-refractivity contribution in [1.29, 1.82) is 0 Å². The summed E-state index contributed by atoms with van der Waals surface area (Å²) in [5.41, 5.74) is 4.39. The average molecular weight is 279 g/mol. The molecule has 21 heavy (non-hydrogen) atoms. The molecule has 0 bridgehead atoms. The summed E-state index contributed by atoms with van der Waals surface area (Å²) in [5, 5.41) is 3.71. The van der Waals surface area contributed by atoms with Crippen LogP contribution in [0, 0.1) is 0 Å². The Labute approximate surface area is 126 Å². The van der Waals surface area contributed by atoms with E-state index in [0.717, 1.165) is 38.2 Å². The molecule has 2 unspecified atom stereocenters. The zero-order chi connectivity index (χ0) is 14.1. The maximum absolute atomic E-state index is 5.79. The van der Waals surface area contributed by atoms with Crippen LogP contribution in [0.1, 0.15) is 41.5 Å². The molecule has 2 atom stereocenters. The van der Waals surface area contributed by atoms with Crippen LogP contribution in [-0.4, -0.2) is 13.2 Å². The molecule has 1 N–H and O–H groups in total. The number of fused-ring (bicyclic) bond motifs is 2. The van der Waals surface area contributed by atoms with Crippen LogP contribution in [0.2, 0.25) is 0 Å². The number of para-hydroxylation sites is 1. The summed E-state index contributed by atoms with van der Waals surface area (Å²) in [7, 11) is 0. The summed E-state index contributed by atoms with van der Waals surface area (Å²) < 4.78 is 5.79. The molecule has 4 rings (SSSR count). The smallest absolute Gasteiger partial charge is 0.122 e. The lowest BCUT2D eigenvalue weighted by Gasteiger charge is -2.32. The molecule has 0 saturated heterocycles. The molecule has 0 aromatic heterocycles. The topological polar surface area (TPSA) is 21.3 Å². The number of benzene rings is 2. The lowest BCUT2D eigenvalue weighted by Crippen LogP contribution is -2.31. The van der Waals surface area contributed by atoms with Gasteiger partial charge in [-0.05, 0) is 54.5 Å². The van der Waals surface area contributed by atoms with E-state index in [0.29, 0.717) is 12.0 Å². The minimum atomic E-state index is 0.478. The number of hydrogen-bond donors (Lipinski definition) is 1. The maximum Gasteiger partial charge on any atom is 0.122 e. The molecule has 0 radical (unpaired) electrons. The fraction of sp³-hybridized carbons (Fsp3) is 0.368. The van der Waals surface area contributed by atoms with Crippen LogP contribution in [0.4, 0.5) is 0 Å². The van der Waals surface area contributed by atoms with E-state index >= 15 is 0 Å². The standard InChI is InChI=1S/C19H21NO/c1-2-6-16-14(5-1)9-11-20-18(16)13-15-10-12-21-19-8-4-3-7-17(15)19/h1-8,15,18,20H,9-13H2. The van der Waals surface area contributed by atoms with Crippen molar-refractivity contribution in [3.63, 3.8) is 0 Å². The molecular formula is C19H21NO. The van der Waals surface area contributed by atoms with Crippen molar-refractivity contribution in [1.82, 2.24) is 5.32 Å². The zero-order valence-electron chi connectivity index (χ0n) is 12.2. The molecule has 0 saturated carbocycles. The Kier molecular flexibility index (Phi) is 3.40. The Morgan fingerprint density at radius 1 is 1.00 bits per heavy atom. The molecule has 2 nitrogen and oxygen atoms in total. The van der Waals surface area contributed by atoms with Gasteiger partial charge < -0.3 is 10.1 Å². The number of rotatable bonds is 2. The van der Waals surface area contributed by atoms with Crippen molar-refractivity contribution >= 4 is 0 Å². The van der Waals surface area contributed by atoms with Crippen LogP contribution < -0.4 is 10.1 Å². The fourth-order valence-corrected chi connectivity index (χ4v) is 3.75. The third-order valence-electron chi connectivity index (χ3n) is 4.82. The van der Waals surface area contributed by atoms with Crippen LogP contribution in [-0.2, 0) is 6.42 Å². The highest BCUT2D eigenvalue weighted by Gasteiger charge is 2.27. The maximum atomic E-state index is 5.79. The van der Waals surface area contributed by atoms with Gasteiger partial charge in [-0.2, -0.15) is 0 Å². The third kappa shape index (κ3) is 2.44. The lowest BCUT2D eigenvalue weighted by atomic mass is 9.83. The van der Waals surface area contributed by atoms with Crippen molar-refractivity contribution in [2.75, 3.05) is 13.2 Å². The van der Waals surface area contributed by atoms with E-state index in [9.17, 15) is 0 Å². The number of hydrogen-bond acceptors (Lipinski definition) is 2. The fourth-order valence-electron chi connectivity index (χ4n) is 3.75. The van der Waals surface area contributed by atoms with E-state index < -0.39 is 0 Å². The minimum Gasteiger partial charge on any atom is -0.493 e. The summed E-state index contributed by atoms with van der Waals surface area (Å²) in [6.45, 7) is 1.93. The van der Waals surface area contributed by atoms with Gasteiger partial charge in [0.15, 0.2) is 0 Å². The van der Waals surface area contributed by atoms with Gasteiger partial charge in [0.2, 0.25) is 0 Å². The molecule has 2 heteroatoms. The Hall–Kier alpha value is -1.80. The Morgan fingerprint density at radius 3 is 2.76 bits per heavy atom. The first kappa shape index (κ1) is 12.9. The van der Waals surface area contributed by atoms with Crippen LogP contribution in [0.25, 0.3) is 0 Å². The van der Waals surface area contributed by atoms with Gasteiger partial charge in [-0.15, -0.1) is 0 Å². The molecule has 2 aliphatic heterocycles. The van der Waals surface area contributed by atoms with Gasteiger partial charge in [0.25, 0.3) is 0 Å². The van der Waals surface area contributed by atoms with Crippen molar-refractivity contribution in [3.05, 3.63) is 65.2 Å². The van der Waals surface area contributed by atoms with E-state index in [1.807, 2.05) is 0 Å². The number of ether oxygens (including phenoxy) is 1. The summed E-state index contributed by atoms with van der Waals surface area (Å²) in [6.07, 6.45) is 3.44. The summed E-state index contributed by atoms with van der Waals surface area (Å²) in [6, 6.07) is 17.9. The van der Waals surface area contributed by atoms with Crippen LogP contribution in [0.15, 0.2) is 48.5 Å². The molecular weight excluding hydrogens is 258 g/mol. The molecule has 0 fully saturated rings. The lowest BCUT2D eigenvalue weighted by molar-refractivity contribution is 0.254. The Balaban J connectivity index is 1.61. The van der Waals surface area contributed by atoms with Crippen molar-refractivity contribution < 1.29 is 4.74 Å². The highest BCUT2D eigenvalue weighted by Crippen LogP contribution is 2.39. The molecule has 2 aromatic carbocycles. The van der Waals surface area contributed by atoms with Gasteiger partial charge in [0.05, 0.1) is 6.61 Å². The highest BCUT2D eigenvalue weighted by molar-refractivity contribution is 5.39. The van der Waals surface area contributed by atoms with Gasteiger partial charge >= 0.3 is 0 Å². The normalized spacial score (nSPS) is 23.8. The van der Waals surface area contributed by atoms with Crippen molar-refractivity contribution in [3.8, 4) is 5.75 Å². The molecule has 0 aliphatic carbocycles. The second-order valence-electron chi connectivity index (χ2n) is 6.06. The van der Waals surface area contributed by atoms with E-state index in [1.54, 1.807) is 0 Å². The second-order valence-corrected chi connectivity index (χ2v) is 6.06. The molecule has 2 aliphatic rings.